The topological polar surface area (TPSA) is 72.6 Å². The van der Waals surface area contributed by atoms with E-state index in [2.05, 4.69) is 0 Å². The zero-order valence-electron chi connectivity index (χ0n) is 12.5. The molecule has 2 heterocycles. The van der Waals surface area contributed by atoms with Crippen molar-refractivity contribution in [1.29, 1.82) is 0 Å². The minimum absolute atomic E-state index is 0.0673. The van der Waals surface area contributed by atoms with Crippen LogP contribution in [0.3, 0.4) is 0 Å². The van der Waals surface area contributed by atoms with Gasteiger partial charge in [0.25, 0.3) is 5.91 Å². The van der Waals surface area contributed by atoms with E-state index in [0.717, 1.165) is 5.56 Å². The second-order valence-electron chi connectivity index (χ2n) is 6.03. The number of nitrogens with zero attached hydrogens (tertiary/aromatic N) is 1. The van der Waals surface area contributed by atoms with Crippen LogP contribution < -0.4 is 5.73 Å². The Morgan fingerprint density at radius 1 is 1.13 bits per heavy atom. The number of benzene rings is 2. The van der Waals surface area contributed by atoms with Crippen molar-refractivity contribution >= 4 is 17.6 Å². The summed E-state index contributed by atoms with van der Waals surface area (Å²) in [4.78, 5) is 26.4. The predicted molar refractivity (Wildman–Crippen MR) is 84.9 cm³/mol. The fourth-order valence-corrected chi connectivity index (χ4v) is 3.41. The average molecular weight is 308 g/mol. The van der Waals surface area contributed by atoms with Crippen molar-refractivity contribution in [2.24, 2.45) is 0 Å². The fraction of sp³-hybridized carbons (Fsp3) is 0.222. The quantitative estimate of drug-likeness (QED) is 0.647. The maximum absolute atomic E-state index is 12.6. The predicted octanol–water partition coefficient (Wildman–Crippen LogP) is 2.18. The minimum Gasteiger partial charge on any atom is -0.449 e. The molecule has 0 saturated carbocycles. The van der Waals surface area contributed by atoms with Crippen molar-refractivity contribution in [3.05, 3.63) is 65.2 Å². The lowest BCUT2D eigenvalue weighted by Gasteiger charge is -2.24. The first-order chi connectivity index (χ1) is 11.1. The van der Waals surface area contributed by atoms with Crippen LogP contribution in [0.15, 0.2) is 48.5 Å². The number of amides is 1. The largest absolute Gasteiger partial charge is 0.449 e. The normalized spacial score (nSPS) is 22.3. The lowest BCUT2D eigenvalue weighted by atomic mass is 9.91. The van der Waals surface area contributed by atoms with Gasteiger partial charge in [0.2, 0.25) is 0 Å². The van der Waals surface area contributed by atoms with E-state index in [1.54, 1.807) is 35.2 Å². The maximum Gasteiger partial charge on any atom is 0.339 e. The van der Waals surface area contributed by atoms with Gasteiger partial charge in [0.1, 0.15) is 0 Å². The highest BCUT2D eigenvalue weighted by Gasteiger charge is 2.50. The van der Waals surface area contributed by atoms with Crippen LogP contribution >= 0.6 is 0 Å². The van der Waals surface area contributed by atoms with Crippen molar-refractivity contribution in [1.82, 2.24) is 4.90 Å². The maximum atomic E-state index is 12.6. The molecule has 1 fully saturated rings. The Morgan fingerprint density at radius 3 is 2.65 bits per heavy atom. The Kier molecular flexibility index (Phi) is 2.91. The molecule has 1 saturated heterocycles. The first-order valence-electron chi connectivity index (χ1n) is 7.57. The standard InChI is InChI=1S/C18H16N2O3/c19-13-7-5-12(6-8-13)16(21)20-10-9-18(11-20)15-4-2-1-3-14(15)17(22)23-18/h1-8H,9-11,19H2. The number of rotatable bonds is 1. The summed E-state index contributed by atoms with van der Waals surface area (Å²) in [6, 6.07) is 14.3. The lowest BCUT2D eigenvalue weighted by molar-refractivity contribution is -0.00306. The summed E-state index contributed by atoms with van der Waals surface area (Å²) < 4.78 is 5.66. The molecule has 0 bridgehead atoms. The lowest BCUT2D eigenvalue weighted by Crippen LogP contribution is -2.34. The molecule has 1 unspecified atom stereocenters. The Morgan fingerprint density at radius 2 is 1.87 bits per heavy atom. The molecule has 1 atom stereocenters. The summed E-state index contributed by atoms with van der Waals surface area (Å²) in [6.45, 7) is 0.948. The molecule has 5 nitrogen and oxygen atoms in total. The number of anilines is 1. The second kappa shape index (κ2) is 4.84. The molecule has 2 aliphatic heterocycles. The number of esters is 1. The van der Waals surface area contributed by atoms with Crippen molar-refractivity contribution in [2.45, 2.75) is 12.0 Å². The number of carbonyl (C=O) groups is 2. The van der Waals surface area contributed by atoms with Crippen LogP contribution in [0.2, 0.25) is 0 Å². The molecule has 0 aromatic heterocycles. The molecule has 4 rings (SSSR count). The third-order valence-corrected chi connectivity index (χ3v) is 4.60. The van der Waals surface area contributed by atoms with E-state index in [1.807, 2.05) is 18.2 Å². The monoisotopic (exact) mass is 308 g/mol. The van der Waals surface area contributed by atoms with Gasteiger partial charge in [-0.3, -0.25) is 4.79 Å². The van der Waals surface area contributed by atoms with Crippen LogP contribution in [0.25, 0.3) is 0 Å². The number of ether oxygens (including phenoxy) is 1. The highest BCUT2D eigenvalue weighted by atomic mass is 16.6. The zero-order chi connectivity index (χ0) is 16.0. The summed E-state index contributed by atoms with van der Waals surface area (Å²) in [5.41, 5.74) is 7.67. The summed E-state index contributed by atoms with van der Waals surface area (Å²) in [5, 5.41) is 0. The van der Waals surface area contributed by atoms with Gasteiger partial charge < -0.3 is 15.4 Å². The van der Waals surface area contributed by atoms with Gasteiger partial charge >= 0.3 is 5.97 Å². The van der Waals surface area contributed by atoms with Gasteiger partial charge in [0.05, 0.1) is 12.1 Å². The SMILES string of the molecule is Nc1ccc(C(=O)N2CCC3(C2)OC(=O)c2ccccc23)cc1. The molecule has 2 aliphatic rings. The second-order valence-corrected chi connectivity index (χ2v) is 6.03. The molecule has 116 valence electrons. The van der Waals surface area contributed by atoms with Gasteiger partial charge in [0, 0.05) is 29.8 Å². The van der Waals surface area contributed by atoms with Gasteiger partial charge in [-0.2, -0.15) is 0 Å². The molecule has 5 heteroatoms. The molecule has 2 aromatic rings. The van der Waals surface area contributed by atoms with E-state index in [9.17, 15) is 9.59 Å². The van der Waals surface area contributed by atoms with E-state index in [4.69, 9.17) is 10.5 Å². The van der Waals surface area contributed by atoms with Crippen LogP contribution in [-0.4, -0.2) is 29.9 Å². The van der Waals surface area contributed by atoms with Crippen LogP contribution in [-0.2, 0) is 10.3 Å². The van der Waals surface area contributed by atoms with E-state index in [1.165, 1.54) is 0 Å². The van der Waals surface area contributed by atoms with E-state index >= 15 is 0 Å². The number of hydrogen-bond acceptors (Lipinski definition) is 4. The smallest absolute Gasteiger partial charge is 0.339 e. The average Bonchev–Trinajstić information content (AvgIpc) is 3.11. The first-order valence-corrected chi connectivity index (χ1v) is 7.57. The van der Waals surface area contributed by atoms with Gasteiger partial charge in [-0.15, -0.1) is 0 Å². The third-order valence-electron chi connectivity index (χ3n) is 4.60. The molecule has 1 spiro atoms. The van der Waals surface area contributed by atoms with Crippen LogP contribution in [0, 0.1) is 0 Å². The molecule has 2 N–H and O–H groups in total. The molecule has 23 heavy (non-hydrogen) atoms. The van der Waals surface area contributed by atoms with Gasteiger partial charge in [-0.05, 0) is 30.3 Å². The first kappa shape index (κ1) is 13.8. The van der Waals surface area contributed by atoms with E-state index < -0.39 is 5.60 Å². The van der Waals surface area contributed by atoms with Crippen molar-refractivity contribution in [2.75, 3.05) is 18.8 Å². The number of fused-ring (bicyclic) bond motifs is 2. The number of carbonyl (C=O) groups excluding carboxylic acids is 2. The van der Waals surface area contributed by atoms with Gasteiger partial charge in [0.15, 0.2) is 5.60 Å². The van der Waals surface area contributed by atoms with Crippen molar-refractivity contribution in [3.63, 3.8) is 0 Å². The minimum atomic E-state index is -0.697. The van der Waals surface area contributed by atoms with E-state index in [0.29, 0.717) is 36.3 Å². The summed E-state index contributed by atoms with van der Waals surface area (Å²) in [7, 11) is 0. The third kappa shape index (κ3) is 2.08. The Hall–Kier alpha value is -2.82. The molecule has 2 aromatic carbocycles. The van der Waals surface area contributed by atoms with Gasteiger partial charge in [-0.25, -0.2) is 4.79 Å². The number of hydrogen-bond donors (Lipinski definition) is 1. The summed E-state index contributed by atoms with van der Waals surface area (Å²) in [6.07, 6.45) is 0.621. The number of likely N-dealkylation sites (tertiary alicyclic amines) is 1. The molecule has 0 aliphatic carbocycles. The van der Waals surface area contributed by atoms with Crippen LogP contribution in [0.4, 0.5) is 5.69 Å². The van der Waals surface area contributed by atoms with Crippen LogP contribution in [0.1, 0.15) is 32.7 Å². The van der Waals surface area contributed by atoms with Crippen molar-refractivity contribution < 1.29 is 14.3 Å². The fourth-order valence-electron chi connectivity index (χ4n) is 3.41. The highest BCUT2D eigenvalue weighted by molar-refractivity contribution is 5.96. The Labute approximate surface area is 133 Å². The van der Waals surface area contributed by atoms with Gasteiger partial charge in [-0.1, -0.05) is 18.2 Å². The number of nitrogens with two attached hydrogens (primary N) is 1. The zero-order valence-corrected chi connectivity index (χ0v) is 12.5. The summed E-state index contributed by atoms with van der Waals surface area (Å²) in [5.74, 6) is -0.371. The molecular formula is C18H16N2O3. The van der Waals surface area contributed by atoms with Crippen molar-refractivity contribution in [3.8, 4) is 0 Å². The molecule has 0 radical (unpaired) electrons. The highest BCUT2D eigenvalue weighted by Crippen LogP contribution is 2.43. The molecule has 1 amide bonds. The molecular weight excluding hydrogens is 292 g/mol. The van der Waals surface area contributed by atoms with E-state index in [-0.39, 0.29) is 11.9 Å². The number of nitrogen functional groups attached to an aromatic ring is 1. The summed E-state index contributed by atoms with van der Waals surface area (Å²) >= 11 is 0. The Bertz CT molecular complexity index is 800. The van der Waals surface area contributed by atoms with Crippen LogP contribution in [0.5, 0.6) is 0 Å². The Balaban J connectivity index is 1.62.